The van der Waals surface area contributed by atoms with Crippen molar-refractivity contribution in [1.82, 2.24) is 10.2 Å². The molecule has 0 aromatic carbocycles. The average Bonchev–Trinajstić information content (AvgIpc) is 1.99. The highest BCUT2D eigenvalue weighted by molar-refractivity contribution is 6.20. The van der Waals surface area contributed by atoms with Gasteiger partial charge in [-0.2, -0.15) is 0 Å². The Balaban J connectivity index is 0.000000245. The van der Waals surface area contributed by atoms with Crippen molar-refractivity contribution in [2.24, 2.45) is 5.73 Å². The van der Waals surface area contributed by atoms with Crippen LogP contribution in [0.4, 0.5) is 0 Å². The minimum absolute atomic E-state index is 0.185. The summed E-state index contributed by atoms with van der Waals surface area (Å²) in [4.78, 5) is 11.7. The fraction of sp³-hybridized carbons (Fsp3) is 0.900. The standard InChI is InChI=1S/C8H15ClN2.C2H5NO/c9-8-6-11(5-4-10-8)7-2-1-3-7;1-2(3)4/h7-8,10H,1-6H2;1H3,(H2,3,4). The zero-order chi connectivity index (χ0) is 11.3. The summed E-state index contributed by atoms with van der Waals surface area (Å²) in [5, 5.41) is 3.24. The smallest absolute Gasteiger partial charge is 0.214 e. The molecule has 1 saturated heterocycles. The first-order valence-corrected chi connectivity index (χ1v) is 5.91. The predicted octanol–water partition coefficient (Wildman–Crippen LogP) is 0.501. The van der Waals surface area contributed by atoms with Gasteiger partial charge in [0.1, 0.15) is 0 Å². The first-order chi connectivity index (χ1) is 7.09. The molecule has 1 aliphatic heterocycles. The van der Waals surface area contributed by atoms with Gasteiger partial charge in [0.2, 0.25) is 5.91 Å². The fourth-order valence-electron chi connectivity index (χ4n) is 1.81. The van der Waals surface area contributed by atoms with E-state index < -0.39 is 0 Å². The molecule has 15 heavy (non-hydrogen) atoms. The van der Waals surface area contributed by atoms with Crippen LogP contribution in [-0.4, -0.2) is 42.0 Å². The Hall–Kier alpha value is -0.320. The van der Waals surface area contributed by atoms with Crippen molar-refractivity contribution in [3.05, 3.63) is 0 Å². The molecule has 1 heterocycles. The molecule has 5 heteroatoms. The Kier molecular flexibility index (Phi) is 5.36. The molecule has 2 fully saturated rings. The predicted molar refractivity (Wildman–Crippen MR) is 61.7 cm³/mol. The van der Waals surface area contributed by atoms with E-state index in [1.165, 1.54) is 32.7 Å². The third kappa shape index (κ3) is 4.82. The quantitative estimate of drug-likeness (QED) is 0.512. The van der Waals surface area contributed by atoms with Gasteiger partial charge < -0.3 is 5.73 Å². The molecule has 0 aromatic rings. The number of hydrogen-bond acceptors (Lipinski definition) is 3. The van der Waals surface area contributed by atoms with Gasteiger partial charge in [-0.3, -0.25) is 15.0 Å². The van der Waals surface area contributed by atoms with Crippen molar-refractivity contribution in [3.8, 4) is 0 Å². The lowest BCUT2D eigenvalue weighted by Crippen LogP contribution is -2.53. The Morgan fingerprint density at radius 2 is 2.13 bits per heavy atom. The summed E-state index contributed by atoms with van der Waals surface area (Å²) in [6.07, 6.45) is 4.20. The highest BCUT2D eigenvalue weighted by atomic mass is 35.5. The van der Waals surface area contributed by atoms with Crippen molar-refractivity contribution in [2.75, 3.05) is 19.6 Å². The number of halogens is 1. The highest BCUT2D eigenvalue weighted by Crippen LogP contribution is 2.25. The van der Waals surface area contributed by atoms with Crippen molar-refractivity contribution >= 4 is 17.5 Å². The number of primary amides is 1. The number of nitrogens with two attached hydrogens (primary N) is 1. The first-order valence-electron chi connectivity index (χ1n) is 5.47. The molecular formula is C10H20ClN3O. The number of hydrogen-bond donors (Lipinski definition) is 2. The van der Waals surface area contributed by atoms with Gasteiger partial charge in [0.25, 0.3) is 0 Å². The van der Waals surface area contributed by atoms with Crippen LogP contribution in [-0.2, 0) is 4.79 Å². The third-order valence-corrected chi connectivity index (χ3v) is 3.04. The average molecular weight is 234 g/mol. The van der Waals surface area contributed by atoms with Gasteiger partial charge in [0.05, 0.1) is 5.50 Å². The van der Waals surface area contributed by atoms with Gasteiger partial charge in [0, 0.05) is 32.6 Å². The lowest BCUT2D eigenvalue weighted by Gasteiger charge is -2.41. The highest BCUT2D eigenvalue weighted by Gasteiger charge is 2.28. The van der Waals surface area contributed by atoms with Crippen LogP contribution in [0.1, 0.15) is 26.2 Å². The van der Waals surface area contributed by atoms with E-state index in [-0.39, 0.29) is 11.4 Å². The van der Waals surface area contributed by atoms with Crippen LogP contribution in [0.3, 0.4) is 0 Å². The number of carbonyl (C=O) groups excluding carboxylic acids is 1. The summed E-state index contributed by atoms with van der Waals surface area (Å²) in [5.41, 5.74) is 4.66. The Labute approximate surface area is 96.1 Å². The molecule has 1 aliphatic carbocycles. The van der Waals surface area contributed by atoms with E-state index in [2.05, 4.69) is 16.0 Å². The minimum atomic E-state index is -0.333. The largest absolute Gasteiger partial charge is 0.370 e. The molecule has 2 aliphatic rings. The molecule has 4 nitrogen and oxygen atoms in total. The van der Waals surface area contributed by atoms with E-state index in [9.17, 15) is 4.79 Å². The van der Waals surface area contributed by atoms with Crippen LogP contribution in [0.25, 0.3) is 0 Å². The maximum Gasteiger partial charge on any atom is 0.214 e. The number of alkyl halides is 1. The van der Waals surface area contributed by atoms with Crippen molar-refractivity contribution in [3.63, 3.8) is 0 Å². The van der Waals surface area contributed by atoms with E-state index >= 15 is 0 Å². The van der Waals surface area contributed by atoms with Crippen LogP contribution < -0.4 is 11.1 Å². The zero-order valence-electron chi connectivity index (χ0n) is 9.21. The second-order valence-electron chi connectivity index (χ2n) is 4.11. The summed E-state index contributed by atoms with van der Waals surface area (Å²) >= 11 is 5.98. The lowest BCUT2D eigenvalue weighted by atomic mass is 9.91. The Bertz CT molecular complexity index is 205. The summed E-state index contributed by atoms with van der Waals surface area (Å²) in [7, 11) is 0. The van der Waals surface area contributed by atoms with Gasteiger partial charge in [-0.15, -0.1) is 11.6 Å². The van der Waals surface area contributed by atoms with Crippen LogP contribution in [0.2, 0.25) is 0 Å². The lowest BCUT2D eigenvalue weighted by molar-refractivity contribution is -0.115. The van der Waals surface area contributed by atoms with Gasteiger partial charge >= 0.3 is 0 Å². The third-order valence-electron chi connectivity index (χ3n) is 2.75. The molecule has 2 rings (SSSR count). The number of rotatable bonds is 1. The summed E-state index contributed by atoms with van der Waals surface area (Å²) in [6, 6.07) is 0.860. The van der Waals surface area contributed by atoms with Gasteiger partial charge in [-0.1, -0.05) is 6.42 Å². The van der Waals surface area contributed by atoms with Crippen LogP contribution in [0.15, 0.2) is 0 Å². The SMILES string of the molecule is CC(N)=O.ClC1CN(C2CCC2)CCN1. The summed E-state index contributed by atoms with van der Waals surface area (Å²) in [5.74, 6) is -0.333. The van der Waals surface area contributed by atoms with Crippen molar-refractivity contribution in [2.45, 2.75) is 37.7 Å². The van der Waals surface area contributed by atoms with Gasteiger partial charge in [-0.25, -0.2) is 0 Å². The second kappa shape index (κ2) is 6.30. The number of nitrogens with one attached hydrogen (secondary N) is 1. The van der Waals surface area contributed by atoms with E-state index in [1.54, 1.807) is 0 Å². The molecule has 3 N–H and O–H groups in total. The number of carbonyl (C=O) groups is 1. The normalized spacial score (nSPS) is 27.5. The second-order valence-corrected chi connectivity index (χ2v) is 4.64. The number of amides is 1. The monoisotopic (exact) mass is 233 g/mol. The van der Waals surface area contributed by atoms with E-state index in [0.717, 1.165) is 19.1 Å². The van der Waals surface area contributed by atoms with Crippen LogP contribution in [0, 0.1) is 0 Å². The molecule has 1 atom stereocenters. The molecule has 0 spiro atoms. The van der Waals surface area contributed by atoms with E-state index in [0.29, 0.717) is 0 Å². The molecule has 1 amide bonds. The first kappa shape index (κ1) is 12.7. The van der Waals surface area contributed by atoms with Crippen LogP contribution >= 0.6 is 11.6 Å². The van der Waals surface area contributed by atoms with E-state index in [1.807, 2.05) is 0 Å². The molecule has 0 aromatic heterocycles. The van der Waals surface area contributed by atoms with Crippen LogP contribution in [0.5, 0.6) is 0 Å². The maximum absolute atomic E-state index is 9.22. The number of piperazine rings is 1. The molecular weight excluding hydrogens is 214 g/mol. The Morgan fingerprint density at radius 3 is 2.53 bits per heavy atom. The molecule has 88 valence electrons. The molecule has 1 saturated carbocycles. The zero-order valence-corrected chi connectivity index (χ0v) is 9.96. The number of nitrogens with zero attached hydrogens (tertiary/aromatic N) is 1. The molecule has 0 radical (unpaired) electrons. The molecule has 0 bridgehead atoms. The summed E-state index contributed by atoms with van der Waals surface area (Å²) in [6.45, 7) is 4.59. The maximum atomic E-state index is 9.22. The topological polar surface area (TPSA) is 58.4 Å². The van der Waals surface area contributed by atoms with Gasteiger partial charge in [0.15, 0.2) is 0 Å². The minimum Gasteiger partial charge on any atom is -0.370 e. The summed E-state index contributed by atoms with van der Waals surface area (Å²) < 4.78 is 0. The van der Waals surface area contributed by atoms with E-state index in [4.69, 9.17) is 11.6 Å². The van der Waals surface area contributed by atoms with Gasteiger partial charge in [-0.05, 0) is 12.8 Å². The van der Waals surface area contributed by atoms with Crippen molar-refractivity contribution < 1.29 is 4.79 Å². The molecule has 1 unspecified atom stereocenters. The van der Waals surface area contributed by atoms with Crippen molar-refractivity contribution in [1.29, 1.82) is 0 Å². The Morgan fingerprint density at radius 1 is 1.53 bits per heavy atom. The fourth-order valence-corrected chi connectivity index (χ4v) is 2.10.